The Balaban J connectivity index is 1.84. The smallest absolute Gasteiger partial charge is 0.341 e. The predicted molar refractivity (Wildman–Crippen MR) is 127 cm³/mol. The number of fused-ring (bicyclic) bond motifs is 1. The van der Waals surface area contributed by atoms with Gasteiger partial charge < -0.3 is 15.8 Å². The number of nitrogens with one attached hydrogen (secondary N) is 1. The van der Waals surface area contributed by atoms with E-state index in [2.05, 4.69) is 10.3 Å². The molecule has 33 heavy (non-hydrogen) atoms. The fourth-order valence-electron chi connectivity index (χ4n) is 3.36. The molecule has 3 aromatic rings. The van der Waals surface area contributed by atoms with E-state index in [1.165, 1.54) is 34.8 Å². The van der Waals surface area contributed by atoms with E-state index in [0.29, 0.717) is 35.2 Å². The number of ether oxygens (including phenoxy) is 1. The van der Waals surface area contributed by atoms with Crippen molar-refractivity contribution in [1.82, 2.24) is 9.29 Å². The van der Waals surface area contributed by atoms with Gasteiger partial charge in [-0.15, -0.1) is 0 Å². The van der Waals surface area contributed by atoms with Crippen LogP contribution in [0.3, 0.4) is 0 Å². The lowest BCUT2D eigenvalue weighted by molar-refractivity contribution is 0.0527. The van der Waals surface area contributed by atoms with Crippen LogP contribution >= 0.6 is 0 Å². The predicted octanol–water partition coefficient (Wildman–Crippen LogP) is 3.28. The summed E-state index contributed by atoms with van der Waals surface area (Å²) in [5.74, 6) is -0.993. The monoisotopic (exact) mass is 470 g/mol. The van der Waals surface area contributed by atoms with Crippen LogP contribution in [-0.4, -0.2) is 49.3 Å². The number of benzene rings is 2. The number of carbonyl (C=O) groups excluding carboxylic acids is 2. The summed E-state index contributed by atoms with van der Waals surface area (Å²) >= 11 is 0. The van der Waals surface area contributed by atoms with Crippen LogP contribution in [0.1, 0.15) is 41.5 Å². The first-order chi connectivity index (χ1) is 15.7. The second kappa shape index (κ2) is 9.97. The summed E-state index contributed by atoms with van der Waals surface area (Å²) in [7, 11) is -3.60. The zero-order chi connectivity index (χ0) is 24.2. The van der Waals surface area contributed by atoms with Crippen molar-refractivity contribution in [2.45, 2.75) is 25.7 Å². The van der Waals surface area contributed by atoms with Crippen LogP contribution in [0.5, 0.6) is 0 Å². The number of nitrogen functional groups attached to an aromatic ring is 1. The number of rotatable bonds is 8. The molecule has 0 radical (unpaired) electrons. The maximum atomic E-state index is 12.7. The van der Waals surface area contributed by atoms with Gasteiger partial charge in [0.15, 0.2) is 0 Å². The van der Waals surface area contributed by atoms with Gasteiger partial charge in [-0.05, 0) is 49.4 Å². The minimum absolute atomic E-state index is 0.124. The lowest BCUT2D eigenvalue weighted by Crippen LogP contribution is -2.30. The second-order valence-corrected chi connectivity index (χ2v) is 9.04. The Hall–Kier alpha value is -3.50. The van der Waals surface area contributed by atoms with Crippen LogP contribution in [0, 0.1) is 0 Å². The number of esters is 1. The van der Waals surface area contributed by atoms with Crippen molar-refractivity contribution < 1.29 is 22.7 Å². The number of amides is 1. The third-order valence-corrected chi connectivity index (χ3v) is 7.19. The van der Waals surface area contributed by atoms with Gasteiger partial charge in [0.1, 0.15) is 5.56 Å². The minimum Gasteiger partial charge on any atom is -0.462 e. The second-order valence-electron chi connectivity index (χ2n) is 7.11. The number of aromatic nitrogens is 1. The van der Waals surface area contributed by atoms with Gasteiger partial charge in [-0.3, -0.25) is 9.78 Å². The molecule has 0 atom stereocenters. The molecule has 1 aromatic heterocycles. The minimum atomic E-state index is -3.60. The fourth-order valence-corrected chi connectivity index (χ4v) is 4.81. The first-order valence-electron chi connectivity index (χ1n) is 10.5. The molecule has 0 aliphatic rings. The molecule has 0 aliphatic heterocycles. The average molecular weight is 471 g/mol. The van der Waals surface area contributed by atoms with Crippen molar-refractivity contribution in [2.75, 3.05) is 30.7 Å². The molecule has 1 amide bonds. The Morgan fingerprint density at radius 3 is 2.33 bits per heavy atom. The van der Waals surface area contributed by atoms with Crippen LogP contribution in [0.2, 0.25) is 0 Å². The molecule has 0 spiro atoms. The van der Waals surface area contributed by atoms with Gasteiger partial charge in [-0.1, -0.05) is 13.8 Å². The van der Waals surface area contributed by atoms with Crippen molar-refractivity contribution in [3.63, 3.8) is 0 Å². The Morgan fingerprint density at radius 1 is 1.06 bits per heavy atom. The van der Waals surface area contributed by atoms with Crippen LogP contribution in [0.4, 0.5) is 11.4 Å². The molecule has 9 nitrogen and oxygen atoms in total. The lowest BCUT2D eigenvalue weighted by Gasteiger charge is -2.18. The average Bonchev–Trinajstić information content (AvgIpc) is 2.80. The van der Waals surface area contributed by atoms with Gasteiger partial charge >= 0.3 is 5.97 Å². The quantitative estimate of drug-likeness (QED) is 0.483. The Morgan fingerprint density at radius 2 is 1.73 bits per heavy atom. The van der Waals surface area contributed by atoms with Crippen molar-refractivity contribution in [3.05, 3.63) is 59.8 Å². The highest BCUT2D eigenvalue weighted by atomic mass is 32.2. The number of nitrogens with two attached hydrogens (primary N) is 1. The van der Waals surface area contributed by atoms with Gasteiger partial charge in [0.05, 0.1) is 22.7 Å². The molecule has 0 aliphatic carbocycles. The van der Waals surface area contributed by atoms with E-state index in [1.54, 1.807) is 39.0 Å². The molecule has 3 rings (SSSR count). The first kappa shape index (κ1) is 24.1. The molecular formula is C23H26N4O5S. The van der Waals surface area contributed by atoms with E-state index in [9.17, 15) is 18.0 Å². The van der Waals surface area contributed by atoms with Crippen molar-refractivity contribution in [2.24, 2.45) is 0 Å². The van der Waals surface area contributed by atoms with Crippen LogP contribution in [0.15, 0.2) is 53.6 Å². The maximum Gasteiger partial charge on any atom is 0.341 e. The number of anilines is 2. The van der Waals surface area contributed by atoms with Gasteiger partial charge in [0.25, 0.3) is 5.91 Å². The molecule has 0 saturated carbocycles. The van der Waals surface area contributed by atoms with E-state index < -0.39 is 21.9 Å². The molecule has 1 heterocycles. The summed E-state index contributed by atoms with van der Waals surface area (Å²) in [6, 6.07) is 10.7. The zero-order valence-corrected chi connectivity index (χ0v) is 19.5. The van der Waals surface area contributed by atoms with E-state index in [-0.39, 0.29) is 22.8 Å². The molecule has 10 heteroatoms. The summed E-state index contributed by atoms with van der Waals surface area (Å²) in [6.07, 6.45) is 1.36. The Labute approximate surface area is 192 Å². The zero-order valence-electron chi connectivity index (χ0n) is 18.7. The van der Waals surface area contributed by atoms with Crippen LogP contribution in [-0.2, 0) is 14.8 Å². The number of hydrogen-bond acceptors (Lipinski definition) is 7. The topological polar surface area (TPSA) is 132 Å². The normalized spacial score (nSPS) is 11.5. The number of nitrogens with zero attached hydrogens (tertiary/aromatic N) is 2. The van der Waals surface area contributed by atoms with E-state index in [4.69, 9.17) is 10.5 Å². The van der Waals surface area contributed by atoms with Gasteiger partial charge in [-0.2, -0.15) is 4.31 Å². The van der Waals surface area contributed by atoms with Crippen molar-refractivity contribution in [1.29, 1.82) is 0 Å². The third-order valence-electron chi connectivity index (χ3n) is 5.12. The van der Waals surface area contributed by atoms with Crippen molar-refractivity contribution in [3.8, 4) is 0 Å². The SMILES string of the molecule is CCOC(=O)c1cnc2ccc(NC(=O)c3ccc(S(=O)(=O)N(CC)CC)cc3)cc2c1N. The summed E-state index contributed by atoms with van der Waals surface area (Å²) in [4.78, 5) is 29.1. The Kier molecular flexibility index (Phi) is 7.29. The highest BCUT2D eigenvalue weighted by Crippen LogP contribution is 2.27. The molecule has 0 bridgehead atoms. The van der Waals surface area contributed by atoms with E-state index in [1.807, 2.05) is 0 Å². The van der Waals surface area contributed by atoms with Crippen LogP contribution in [0.25, 0.3) is 10.9 Å². The van der Waals surface area contributed by atoms with Gasteiger partial charge in [0, 0.05) is 35.9 Å². The number of pyridine rings is 1. The number of carbonyl (C=O) groups is 2. The molecule has 0 saturated heterocycles. The summed E-state index contributed by atoms with van der Waals surface area (Å²) in [5.41, 5.74) is 7.81. The van der Waals surface area contributed by atoms with E-state index in [0.717, 1.165) is 0 Å². The van der Waals surface area contributed by atoms with Gasteiger partial charge in [0.2, 0.25) is 10.0 Å². The van der Waals surface area contributed by atoms with Crippen molar-refractivity contribution >= 4 is 44.2 Å². The number of hydrogen-bond donors (Lipinski definition) is 2. The Bertz CT molecular complexity index is 1290. The van der Waals surface area contributed by atoms with Gasteiger partial charge in [-0.25, -0.2) is 13.2 Å². The molecule has 0 fully saturated rings. The van der Waals surface area contributed by atoms with Crippen LogP contribution < -0.4 is 11.1 Å². The highest BCUT2D eigenvalue weighted by molar-refractivity contribution is 7.89. The maximum absolute atomic E-state index is 12.7. The molecule has 174 valence electrons. The third kappa shape index (κ3) is 4.96. The number of sulfonamides is 1. The summed E-state index contributed by atoms with van der Waals surface area (Å²) in [6.45, 7) is 6.16. The fraction of sp³-hybridized carbons (Fsp3) is 0.261. The first-order valence-corrected chi connectivity index (χ1v) is 11.9. The molecule has 0 unspecified atom stereocenters. The largest absolute Gasteiger partial charge is 0.462 e. The summed E-state index contributed by atoms with van der Waals surface area (Å²) < 4.78 is 31.6. The molecular weight excluding hydrogens is 444 g/mol. The highest BCUT2D eigenvalue weighted by Gasteiger charge is 2.22. The molecule has 2 aromatic carbocycles. The molecule has 3 N–H and O–H groups in total. The van der Waals surface area contributed by atoms with E-state index >= 15 is 0 Å². The summed E-state index contributed by atoms with van der Waals surface area (Å²) in [5, 5.41) is 3.26. The lowest BCUT2D eigenvalue weighted by atomic mass is 10.1. The standard InChI is InChI=1S/C23H26N4O5S/c1-4-27(5-2)33(30,31)17-10-7-15(8-11-17)22(28)26-16-9-12-20-18(13-16)21(24)19(14-25-20)23(29)32-6-3/h7-14H,4-6H2,1-3H3,(H2,24,25)(H,26,28).